The van der Waals surface area contributed by atoms with Crippen molar-refractivity contribution >= 4 is 27.3 Å². The first-order valence-electron chi connectivity index (χ1n) is 6.13. The number of aliphatic hydroxyl groups is 1. The summed E-state index contributed by atoms with van der Waals surface area (Å²) < 4.78 is 6.77. The van der Waals surface area contributed by atoms with Gasteiger partial charge in [0.25, 0.3) is 0 Å². The van der Waals surface area contributed by atoms with Crippen molar-refractivity contribution in [2.45, 2.75) is 50.2 Å². The third kappa shape index (κ3) is 2.92. The van der Waals surface area contributed by atoms with E-state index in [4.69, 9.17) is 4.74 Å². The fourth-order valence-corrected chi connectivity index (χ4v) is 4.21. The molecule has 1 fully saturated rings. The van der Waals surface area contributed by atoms with Crippen molar-refractivity contribution in [3.63, 3.8) is 0 Å². The van der Waals surface area contributed by atoms with Gasteiger partial charge in [0.15, 0.2) is 0 Å². The van der Waals surface area contributed by atoms with E-state index < -0.39 is 6.10 Å². The topological polar surface area (TPSA) is 29.5 Å². The predicted molar refractivity (Wildman–Crippen MR) is 74.6 cm³/mol. The van der Waals surface area contributed by atoms with E-state index in [1.54, 1.807) is 18.4 Å². The number of rotatable bonds is 4. The summed E-state index contributed by atoms with van der Waals surface area (Å²) in [5.74, 6) is 0. The number of halogens is 1. The van der Waals surface area contributed by atoms with E-state index in [0.717, 1.165) is 30.2 Å². The van der Waals surface area contributed by atoms with E-state index in [2.05, 4.69) is 15.9 Å². The second-order valence-electron chi connectivity index (χ2n) is 4.74. The van der Waals surface area contributed by atoms with Crippen LogP contribution >= 0.6 is 27.3 Å². The standard InChI is InChI=1S/C13H19BrO2S/c1-16-13(6-3-2-4-7-13)12(15)9-11-10(14)5-8-17-11/h5,8,12,15H,2-4,6-7,9H2,1H3. The van der Waals surface area contributed by atoms with Crippen LogP contribution in [-0.4, -0.2) is 23.9 Å². The molecule has 1 atom stereocenters. The molecule has 1 aliphatic carbocycles. The molecule has 1 aliphatic rings. The van der Waals surface area contributed by atoms with Crippen molar-refractivity contribution in [2.75, 3.05) is 7.11 Å². The molecule has 1 heterocycles. The Kier molecular flexibility index (Phi) is 4.64. The Labute approximate surface area is 115 Å². The molecular weight excluding hydrogens is 300 g/mol. The Balaban J connectivity index is 2.07. The minimum absolute atomic E-state index is 0.318. The average Bonchev–Trinajstić information content (AvgIpc) is 2.76. The molecule has 17 heavy (non-hydrogen) atoms. The summed E-state index contributed by atoms with van der Waals surface area (Å²) in [5, 5.41) is 12.5. The van der Waals surface area contributed by atoms with Crippen LogP contribution in [0.15, 0.2) is 15.9 Å². The van der Waals surface area contributed by atoms with Gasteiger partial charge in [-0.05, 0) is 40.2 Å². The summed E-state index contributed by atoms with van der Waals surface area (Å²) in [6, 6.07) is 2.03. The van der Waals surface area contributed by atoms with Crippen molar-refractivity contribution in [3.05, 3.63) is 20.8 Å². The lowest BCUT2D eigenvalue weighted by molar-refractivity contribution is -0.122. The number of thiophene rings is 1. The highest BCUT2D eigenvalue weighted by atomic mass is 79.9. The molecule has 1 aromatic heterocycles. The molecule has 0 bridgehead atoms. The van der Waals surface area contributed by atoms with Crippen molar-refractivity contribution in [1.29, 1.82) is 0 Å². The largest absolute Gasteiger partial charge is 0.390 e. The van der Waals surface area contributed by atoms with Crippen LogP contribution in [0.4, 0.5) is 0 Å². The van der Waals surface area contributed by atoms with E-state index in [1.165, 1.54) is 11.3 Å². The van der Waals surface area contributed by atoms with Crippen molar-refractivity contribution < 1.29 is 9.84 Å². The van der Waals surface area contributed by atoms with Crippen LogP contribution < -0.4 is 0 Å². The van der Waals surface area contributed by atoms with Gasteiger partial charge in [-0.25, -0.2) is 0 Å². The van der Waals surface area contributed by atoms with Gasteiger partial charge in [0.05, 0.1) is 11.7 Å². The highest BCUT2D eigenvalue weighted by Crippen LogP contribution is 2.36. The van der Waals surface area contributed by atoms with Gasteiger partial charge in [-0.2, -0.15) is 0 Å². The zero-order valence-electron chi connectivity index (χ0n) is 10.1. The second kappa shape index (κ2) is 5.83. The van der Waals surface area contributed by atoms with Gasteiger partial charge in [-0.1, -0.05) is 19.3 Å². The molecule has 0 radical (unpaired) electrons. The molecule has 0 saturated heterocycles. The lowest BCUT2D eigenvalue weighted by atomic mass is 9.79. The number of hydrogen-bond donors (Lipinski definition) is 1. The first kappa shape index (κ1) is 13.5. The molecule has 2 rings (SSSR count). The SMILES string of the molecule is COC1(C(O)Cc2sccc2Br)CCCCC1. The van der Waals surface area contributed by atoms with Gasteiger partial charge in [0.1, 0.15) is 0 Å². The van der Waals surface area contributed by atoms with Crippen LogP contribution in [0.3, 0.4) is 0 Å². The Hall–Kier alpha value is 0.100. The highest BCUT2D eigenvalue weighted by molar-refractivity contribution is 9.10. The quantitative estimate of drug-likeness (QED) is 0.915. The van der Waals surface area contributed by atoms with Gasteiger partial charge >= 0.3 is 0 Å². The Morgan fingerprint density at radius 2 is 2.18 bits per heavy atom. The average molecular weight is 319 g/mol. The number of ether oxygens (including phenoxy) is 1. The van der Waals surface area contributed by atoms with Crippen LogP contribution in [0, 0.1) is 0 Å². The number of hydrogen-bond acceptors (Lipinski definition) is 3. The smallest absolute Gasteiger partial charge is 0.0939 e. The molecule has 2 nitrogen and oxygen atoms in total. The summed E-state index contributed by atoms with van der Waals surface area (Å²) in [6.07, 6.45) is 5.84. The normalized spacial score (nSPS) is 21.4. The first-order valence-corrected chi connectivity index (χ1v) is 7.80. The zero-order valence-corrected chi connectivity index (χ0v) is 12.5. The lowest BCUT2D eigenvalue weighted by Gasteiger charge is -2.39. The maximum atomic E-state index is 10.5. The molecule has 1 unspecified atom stereocenters. The molecule has 1 N–H and O–H groups in total. The molecule has 0 aliphatic heterocycles. The van der Waals surface area contributed by atoms with Crippen molar-refractivity contribution in [3.8, 4) is 0 Å². The van der Waals surface area contributed by atoms with Crippen molar-refractivity contribution in [1.82, 2.24) is 0 Å². The zero-order chi connectivity index (χ0) is 12.3. The van der Waals surface area contributed by atoms with Crippen LogP contribution in [0.2, 0.25) is 0 Å². The van der Waals surface area contributed by atoms with E-state index in [1.807, 2.05) is 11.4 Å². The van der Waals surface area contributed by atoms with E-state index in [0.29, 0.717) is 6.42 Å². The Morgan fingerprint density at radius 3 is 2.71 bits per heavy atom. The maximum absolute atomic E-state index is 10.5. The van der Waals surface area contributed by atoms with Crippen molar-refractivity contribution in [2.24, 2.45) is 0 Å². The van der Waals surface area contributed by atoms with Crippen LogP contribution in [0.1, 0.15) is 37.0 Å². The summed E-state index contributed by atoms with van der Waals surface area (Å²) >= 11 is 5.21. The number of aliphatic hydroxyl groups excluding tert-OH is 1. The molecular formula is C13H19BrO2S. The van der Waals surface area contributed by atoms with E-state index >= 15 is 0 Å². The third-order valence-electron chi connectivity index (χ3n) is 3.78. The molecule has 0 aromatic carbocycles. The first-order chi connectivity index (χ1) is 8.18. The van der Waals surface area contributed by atoms with Crippen LogP contribution in [-0.2, 0) is 11.2 Å². The molecule has 0 amide bonds. The maximum Gasteiger partial charge on any atom is 0.0939 e. The molecule has 96 valence electrons. The lowest BCUT2D eigenvalue weighted by Crippen LogP contribution is -2.46. The minimum atomic E-state index is -0.400. The summed E-state index contributed by atoms with van der Waals surface area (Å²) in [5.41, 5.74) is -0.318. The second-order valence-corrected chi connectivity index (χ2v) is 6.60. The third-order valence-corrected chi connectivity index (χ3v) is 5.73. The van der Waals surface area contributed by atoms with Gasteiger partial charge in [-0.15, -0.1) is 11.3 Å². The van der Waals surface area contributed by atoms with Gasteiger partial charge in [-0.3, -0.25) is 0 Å². The van der Waals surface area contributed by atoms with E-state index in [-0.39, 0.29) is 5.60 Å². The van der Waals surface area contributed by atoms with Gasteiger partial charge in [0.2, 0.25) is 0 Å². The molecule has 4 heteroatoms. The Morgan fingerprint density at radius 1 is 1.47 bits per heavy atom. The predicted octanol–water partition coefficient (Wildman–Crippen LogP) is 3.76. The fraction of sp³-hybridized carbons (Fsp3) is 0.692. The van der Waals surface area contributed by atoms with Crippen LogP contribution in [0.5, 0.6) is 0 Å². The summed E-state index contributed by atoms with van der Waals surface area (Å²) in [7, 11) is 1.73. The highest BCUT2D eigenvalue weighted by Gasteiger charge is 2.39. The summed E-state index contributed by atoms with van der Waals surface area (Å²) in [6.45, 7) is 0. The van der Waals surface area contributed by atoms with Crippen LogP contribution in [0.25, 0.3) is 0 Å². The Bertz CT molecular complexity index is 358. The number of methoxy groups -OCH3 is 1. The monoisotopic (exact) mass is 318 g/mol. The summed E-state index contributed by atoms with van der Waals surface area (Å²) in [4.78, 5) is 1.21. The van der Waals surface area contributed by atoms with Gasteiger partial charge in [0, 0.05) is 22.9 Å². The molecule has 1 aromatic rings. The molecule has 1 saturated carbocycles. The molecule has 0 spiro atoms. The fourth-order valence-electron chi connectivity index (χ4n) is 2.66. The van der Waals surface area contributed by atoms with E-state index in [9.17, 15) is 5.11 Å². The minimum Gasteiger partial charge on any atom is -0.390 e. The van der Waals surface area contributed by atoms with Gasteiger partial charge < -0.3 is 9.84 Å².